The highest BCUT2D eigenvalue weighted by Gasteiger charge is 2.04. The highest BCUT2D eigenvalue weighted by molar-refractivity contribution is 5.83. The summed E-state index contributed by atoms with van der Waals surface area (Å²) < 4.78 is 5.74. The fourth-order valence-corrected chi connectivity index (χ4v) is 2.14. The number of fused-ring (bicyclic) bond motifs is 1. The summed E-state index contributed by atoms with van der Waals surface area (Å²) in [6.45, 7) is 5.69. The second-order valence-electron chi connectivity index (χ2n) is 4.85. The molecule has 0 atom stereocenters. The van der Waals surface area contributed by atoms with Crippen LogP contribution in [0, 0.1) is 6.92 Å². The molecule has 1 aromatic heterocycles. The van der Waals surface area contributed by atoms with Crippen LogP contribution in [0.2, 0.25) is 0 Å². The van der Waals surface area contributed by atoms with E-state index in [1.165, 1.54) is 5.56 Å². The Hall–Kier alpha value is -1.61. The van der Waals surface area contributed by atoms with Crippen LogP contribution in [0.1, 0.15) is 31.0 Å². The summed E-state index contributed by atoms with van der Waals surface area (Å²) in [7, 11) is 0. The van der Waals surface area contributed by atoms with Gasteiger partial charge in [-0.1, -0.05) is 13.3 Å². The molecule has 3 heteroatoms. The Labute approximate surface area is 114 Å². The van der Waals surface area contributed by atoms with Crippen LogP contribution in [-0.2, 0) is 6.42 Å². The standard InChI is InChI=1S/C16H22N2O/c1-3-4-9-19-14-5-6-16-15(11-14)12(2)10-13(18-16)7-8-17/h5-6,10-11H,3-4,7-9,17H2,1-2H3. The summed E-state index contributed by atoms with van der Waals surface area (Å²) in [5, 5.41) is 1.16. The zero-order valence-corrected chi connectivity index (χ0v) is 11.8. The molecule has 0 unspecified atom stereocenters. The molecule has 0 fully saturated rings. The van der Waals surface area contributed by atoms with Crippen molar-refractivity contribution in [1.29, 1.82) is 0 Å². The van der Waals surface area contributed by atoms with Crippen molar-refractivity contribution in [3.8, 4) is 5.75 Å². The van der Waals surface area contributed by atoms with Crippen molar-refractivity contribution in [3.63, 3.8) is 0 Å². The van der Waals surface area contributed by atoms with Crippen LogP contribution in [0.4, 0.5) is 0 Å². The molecule has 2 aromatic rings. The molecule has 2 rings (SSSR count). The van der Waals surface area contributed by atoms with E-state index in [2.05, 4.69) is 31.0 Å². The van der Waals surface area contributed by atoms with E-state index >= 15 is 0 Å². The smallest absolute Gasteiger partial charge is 0.120 e. The quantitative estimate of drug-likeness (QED) is 0.809. The minimum Gasteiger partial charge on any atom is -0.494 e. The third-order valence-corrected chi connectivity index (χ3v) is 3.21. The molecule has 0 spiro atoms. The van der Waals surface area contributed by atoms with Crippen LogP contribution in [0.5, 0.6) is 5.75 Å². The molecule has 0 aliphatic heterocycles. The van der Waals surface area contributed by atoms with Crippen LogP contribution in [-0.4, -0.2) is 18.1 Å². The lowest BCUT2D eigenvalue weighted by Gasteiger charge is -2.09. The molecule has 0 saturated carbocycles. The van der Waals surface area contributed by atoms with E-state index < -0.39 is 0 Å². The second kappa shape index (κ2) is 6.53. The van der Waals surface area contributed by atoms with Crippen molar-refractivity contribution < 1.29 is 4.74 Å². The lowest BCUT2D eigenvalue weighted by molar-refractivity contribution is 0.310. The van der Waals surface area contributed by atoms with Gasteiger partial charge in [-0.15, -0.1) is 0 Å². The molecule has 1 aromatic carbocycles. The van der Waals surface area contributed by atoms with Gasteiger partial charge in [0.15, 0.2) is 0 Å². The minimum atomic E-state index is 0.635. The number of nitrogens with two attached hydrogens (primary N) is 1. The molecule has 3 nitrogen and oxygen atoms in total. The Morgan fingerprint density at radius 1 is 1.26 bits per heavy atom. The number of aromatic nitrogens is 1. The largest absolute Gasteiger partial charge is 0.494 e. The summed E-state index contributed by atoms with van der Waals surface area (Å²) in [6.07, 6.45) is 3.06. The van der Waals surface area contributed by atoms with Gasteiger partial charge in [0.05, 0.1) is 12.1 Å². The number of hydrogen-bond donors (Lipinski definition) is 1. The zero-order valence-electron chi connectivity index (χ0n) is 11.8. The molecule has 0 radical (unpaired) electrons. The maximum atomic E-state index is 5.74. The van der Waals surface area contributed by atoms with Gasteiger partial charge in [-0.05, 0) is 49.7 Å². The van der Waals surface area contributed by atoms with Gasteiger partial charge in [0, 0.05) is 17.5 Å². The van der Waals surface area contributed by atoms with E-state index in [1.54, 1.807) is 0 Å². The molecular formula is C16H22N2O. The summed E-state index contributed by atoms with van der Waals surface area (Å²) in [5.74, 6) is 0.928. The first-order valence-electron chi connectivity index (χ1n) is 6.97. The van der Waals surface area contributed by atoms with Gasteiger partial charge in [0.1, 0.15) is 5.75 Å². The fourth-order valence-electron chi connectivity index (χ4n) is 2.14. The minimum absolute atomic E-state index is 0.635. The van der Waals surface area contributed by atoms with Crippen molar-refractivity contribution in [2.24, 2.45) is 5.73 Å². The van der Waals surface area contributed by atoms with Crippen LogP contribution in [0.25, 0.3) is 10.9 Å². The zero-order chi connectivity index (χ0) is 13.7. The monoisotopic (exact) mass is 258 g/mol. The number of ether oxygens (including phenoxy) is 1. The summed E-state index contributed by atoms with van der Waals surface area (Å²) in [4.78, 5) is 4.63. The Kier molecular flexibility index (Phi) is 4.74. The number of hydrogen-bond acceptors (Lipinski definition) is 3. The predicted molar refractivity (Wildman–Crippen MR) is 79.6 cm³/mol. The van der Waals surface area contributed by atoms with Crippen molar-refractivity contribution in [1.82, 2.24) is 4.98 Å². The molecule has 0 saturated heterocycles. The lowest BCUT2D eigenvalue weighted by atomic mass is 10.1. The summed E-state index contributed by atoms with van der Waals surface area (Å²) in [5.41, 5.74) is 8.90. The van der Waals surface area contributed by atoms with E-state index in [-0.39, 0.29) is 0 Å². The van der Waals surface area contributed by atoms with Gasteiger partial charge in [0.2, 0.25) is 0 Å². The Bertz CT molecular complexity index is 552. The summed E-state index contributed by atoms with van der Waals surface area (Å²) in [6, 6.07) is 8.23. The molecular weight excluding hydrogens is 236 g/mol. The Morgan fingerprint density at radius 2 is 2.11 bits per heavy atom. The SMILES string of the molecule is CCCCOc1ccc2nc(CCN)cc(C)c2c1. The van der Waals surface area contributed by atoms with E-state index in [0.29, 0.717) is 6.54 Å². The van der Waals surface area contributed by atoms with Gasteiger partial charge in [0.25, 0.3) is 0 Å². The Morgan fingerprint density at radius 3 is 2.84 bits per heavy atom. The second-order valence-corrected chi connectivity index (χ2v) is 4.85. The summed E-state index contributed by atoms with van der Waals surface area (Å²) >= 11 is 0. The number of unbranched alkanes of at least 4 members (excludes halogenated alkanes) is 1. The molecule has 0 aliphatic carbocycles. The predicted octanol–water partition coefficient (Wildman–Crippen LogP) is 3.22. The van der Waals surface area contributed by atoms with Crippen molar-refractivity contribution in [3.05, 3.63) is 35.5 Å². The number of nitrogens with zero attached hydrogens (tertiary/aromatic N) is 1. The van der Waals surface area contributed by atoms with E-state index in [1.807, 2.05) is 12.1 Å². The maximum Gasteiger partial charge on any atom is 0.120 e. The van der Waals surface area contributed by atoms with Gasteiger partial charge >= 0.3 is 0 Å². The van der Waals surface area contributed by atoms with Gasteiger partial charge in [-0.3, -0.25) is 4.98 Å². The van der Waals surface area contributed by atoms with Crippen LogP contribution in [0.15, 0.2) is 24.3 Å². The number of pyridine rings is 1. The van der Waals surface area contributed by atoms with Gasteiger partial charge < -0.3 is 10.5 Å². The molecule has 0 bridgehead atoms. The molecule has 0 aliphatic rings. The third kappa shape index (κ3) is 3.44. The van der Waals surface area contributed by atoms with Gasteiger partial charge in [-0.25, -0.2) is 0 Å². The molecule has 0 amide bonds. The lowest BCUT2D eigenvalue weighted by Crippen LogP contribution is -2.05. The van der Waals surface area contributed by atoms with Crippen LogP contribution in [0.3, 0.4) is 0 Å². The average molecular weight is 258 g/mol. The molecule has 102 valence electrons. The van der Waals surface area contributed by atoms with E-state index in [4.69, 9.17) is 10.5 Å². The number of benzene rings is 1. The first-order chi connectivity index (χ1) is 9.24. The molecule has 1 heterocycles. The van der Waals surface area contributed by atoms with Crippen molar-refractivity contribution in [2.45, 2.75) is 33.1 Å². The van der Waals surface area contributed by atoms with Gasteiger partial charge in [-0.2, -0.15) is 0 Å². The van der Waals surface area contributed by atoms with Crippen molar-refractivity contribution >= 4 is 10.9 Å². The highest BCUT2D eigenvalue weighted by atomic mass is 16.5. The molecule has 2 N–H and O–H groups in total. The van der Waals surface area contributed by atoms with Crippen LogP contribution >= 0.6 is 0 Å². The number of rotatable bonds is 6. The van der Waals surface area contributed by atoms with E-state index in [0.717, 1.165) is 48.2 Å². The third-order valence-electron chi connectivity index (χ3n) is 3.21. The number of aryl methyl sites for hydroxylation is 1. The molecule has 19 heavy (non-hydrogen) atoms. The first-order valence-corrected chi connectivity index (χ1v) is 6.97. The van der Waals surface area contributed by atoms with Crippen molar-refractivity contribution in [2.75, 3.05) is 13.2 Å². The fraction of sp³-hybridized carbons (Fsp3) is 0.438. The highest BCUT2D eigenvalue weighted by Crippen LogP contribution is 2.23. The average Bonchev–Trinajstić information content (AvgIpc) is 2.40. The topological polar surface area (TPSA) is 48.1 Å². The Balaban J connectivity index is 2.27. The normalized spacial score (nSPS) is 10.9. The first kappa shape index (κ1) is 13.8. The van der Waals surface area contributed by atoms with Crippen LogP contribution < -0.4 is 10.5 Å². The van der Waals surface area contributed by atoms with E-state index in [9.17, 15) is 0 Å². The maximum absolute atomic E-state index is 5.74.